The SMILES string of the molecule is [C-]#[N+]c1ccc(N2C(=O)C(C)(C)N(c3ccc(Cl)c(CC(=O)OCCCO)c3)C2=S)cc1C. The molecule has 1 saturated heterocycles. The van der Waals surface area contributed by atoms with E-state index in [4.69, 9.17) is 40.2 Å². The summed E-state index contributed by atoms with van der Waals surface area (Å²) >= 11 is 12.0. The number of nitrogens with zero attached hydrogens (tertiary/aromatic N) is 3. The Balaban J connectivity index is 1.93. The summed E-state index contributed by atoms with van der Waals surface area (Å²) in [6, 6.07) is 10.3. The minimum atomic E-state index is -0.990. The van der Waals surface area contributed by atoms with Crippen molar-refractivity contribution in [3.05, 3.63) is 64.0 Å². The number of anilines is 2. The molecule has 2 aromatic carbocycles. The van der Waals surface area contributed by atoms with Crippen LogP contribution in [0.4, 0.5) is 17.1 Å². The van der Waals surface area contributed by atoms with Gasteiger partial charge in [0.2, 0.25) is 0 Å². The van der Waals surface area contributed by atoms with Crippen LogP contribution in [0.2, 0.25) is 5.02 Å². The van der Waals surface area contributed by atoms with E-state index in [1.54, 1.807) is 55.1 Å². The van der Waals surface area contributed by atoms with E-state index in [0.29, 0.717) is 39.2 Å². The molecular formula is C24H24ClN3O4S. The van der Waals surface area contributed by atoms with Gasteiger partial charge in [-0.3, -0.25) is 14.5 Å². The minimum absolute atomic E-state index is 0.0475. The number of hydrogen-bond donors (Lipinski definition) is 1. The lowest BCUT2D eigenvalue weighted by molar-refractivity contribution is -0.143. The van der Waals surface area contributed by atoms with Crippen molar-refractivity contribution in [2.45, 2.75) is 39.2 Å². The lowest BCUT2D eigenvalue weighted by atomic mass is 10.0. The summed E-state index contributed by atoms with van der Waals surface area (Å²) in [7, 11) is 0. The largest absolute Gasteiger partial charge is 0.465 e. The van der Waals surface area contributed by atoms with E-state index in [9.17, 15) is 9.59 Å². The zero-order valence-corrected chi connectivity index (χ0v) is 20.2. The highest BCUT2D eigenvalue weighted by atomic mass is 35.5. The predicted octanol–water partition coefficient (Wildman–Crippen LogP) is 4.58. The second-order valence-electron chi connectivity index (χ2n) is 8.15. The average molecular weight is 486 g/mol. The van der Waals surface area contributed by atoms with Crippen molar-refractivity contribution >= 4 is 57.9 Å². The topological polar surface area (TPSA) is 74.4 Å². The molecule has 0 bridgehead atoms. The summed E-state index contributed by atoms with van der Waals surface area (Å²) in [6.45, 7) is 12.7. The van der Waals surface area contributed by atoms with Crippen molar-refractivity contribution in [3.8, 4) is 0 Å². The zero-order chi connectivity index (χ0) is 24.3. The van der Waals surface area contributed by atoms with E-state index in [-0.39, 0.29) is 25.5 Å². The molecule has 1 aliphatic heterocycles. The molecule has 33 heavy (non-hydrogen) atoms. The van der Waals surface area contributed by atoms with Crippen LogP contribution < -0.4 is 9.80 Å². The van der Waals surface area contributed by atoms with Crippen molar-refractivity contribution in [3.63, 3.8) is 0 Å². The fraction of sp³-hybridized carbons (Fsp3) is 0.333. The Morgan fingerprint density at radius 2 is 1.94 bits per heavy atom. The van der Waals surface area contributed by atoms with E-state index in [0.717, 1.165) is 5.56 Å². The number of amides is 1. The highest BCUT2D eigenvalue weighted by Crippen LogP contribution is 2.38. The second kappa shape index (κ2) is 9.87. The standard InChI is InChI=1S/C24H24ClN3O4S/c1-15-12-17(7-9-20(15)26-4)27-22(31)24(2,3)28(23(27)33)18-6-8-19(25)16(13-18)14-21(30)32-11-5-10-29/h6-9,12-13,29H,5,10-11,14H2,1-3H3. The molecule has 1 heterocycles. The van der Waals surface area contributed by atoms with Gasteiger partial charge in [0.15, 0.2) is 10.8 Å². The molecule has 0 aliphatic carbocycles. The Kier molecular flexibility index (Phi) is 7.38. The van der Waals surface area contributed by atoms with Gasteiger partial charge in [0.05, 0.1) is 19.6 Å². The van der Waals surface area contributed by atoms with Gasteiger partial charge >= 0.3 is 5.97 Å². The van der Waals surface area contributed by atoms with E-state index in [1.807, 2.05) is 6.92 Å². The average Bonchev–Trinajstić information content (AvgIpc) is 2.94. The van der Waals surface area contributed by atoms with Gasteiger partial charge < -0.3 is 14.7 Å². The maximum atomic E-state index is 13.4. The first kappa shape index (κ1) is 24.6. The van der Waals surface area contributed by atoms with Crippen LogP contribution in [0.15, 0.2) is 36.4 Å². The summed E-state index contributed by atoms with van der Waals surface area (Å²) in [6.07, 6.45) is 0.318. The summed E-state index contributed by atoms with van der Waals surface area (Å²) in [5.41, 5.74) is 2.04. The molecule has 1 N–H and O–H groups in total. The van der Waals surface area contributed by atoms with Crippen molar-refractivity contribution in [1.82, 2.24) is 0 Å². The lowest BCUT2D eigenvalue weighted by Crippen LogP contribution is -2.44. The quantitative estimate of drug-likeness (QED) is 0.268. The van der Waals surface area contributed by atoms with Gasteiger partial charge in [-0.25, -0.2) is 4.85 Å². The Morgan fingerprint density at radius 3 is 2.58 bits per heavy atom. The number of thiocarbonyl (C=S) groups is 1. The molecule has 3 rings (SSSR count). The predicted molar refractivity (Wildman–Crippen MR) is 132 cm³/mol. The molecule has 172 valence electrons. The van der Waals surface area contributed by atoms with Crippen LogP contribution in [0, 0.1) is 13.5 Å². The molecule has 0 atom stereocenters. The smallest absolute Gasteiger partial charge is 0.310 e. The number of ether oxygens (including phenoxy) is 1. The number of carbonyl (C=O) groups excluding carboxylic acids is 2. The molecule has 1 aliphatic rings. The van der Waals surface area contributed by atoms with Crippen LogP contribution in [0.5, 0.6) is 0 Å². The fourth-order valence-corrected chi connectivity index (χ4v) is 4.36. The monoisotopic (exact) mass is 485 g/mol. The number of carbonyl (C=O) groups is 2. The second-order valence-corrected chi connectivity index (χ2v) is 8.92. The molecule has 1 amide bonds. The third-order valence-corrected chi connectivity index (χ3v) is 6.15. The Bertz CT molecular complexity index is 1160. The summed E-state index contributed by atoms with van der Waals surface area (Å²) < 4.78 is 5.11. The number of hydrogen-bond acceptors (Lipinski definition) is 5. The summed E-state index contributed by atoms with van der Waals surface area (Å²) in [4.78, 5) is 32.2. The van der Waals surface area contributed by atoms with Crippen LogP contribution >= 0.6 is 23.8 Å². The van der Waals surface area contributed by atoms with Gasteiger partial charge in [0.25, 0.3) is 5.91 Å². The van der Waals surface area contributed by atoms with Crippen molar-refractivity contribution in [1.29, 1.82) is 0 Å². The third kappa shape index (κ3) is 4.86. The number of esters is 1. The zero-order valence-electron chi connectivity index (χ0n) is 18.6. The first-order valence-electron chi connectivity index (χ1n) is 10.3. The summed E-state index contributed by atoms with van der Waals surface area (Å²) in [5, 5.41) is 9.52. The van der Waals surface area contributed by atoms with Gasteiger partial charge in [-0.2, -0.15) is 0 Å². The van der Waals surface area contributed by atoms with Gasteiger partial charge in [-0.15, -0.1) is 0 Å². The number of rotatable bonds is 7. The van der Waals surface area contributed by atoms with Crippen molar-refractivity contribution < 1.29 is 19.4 Å². The van der Waals surface area contributed by atoms with E-state index in [2.05, 4.69) is 4.85 Å². The molecule has 1 fully saturated rings. The number of halogens is 1. The maximum Gasteiger partial charge on any atom is 0.310 e. The highest BCUT2D eigenvalue weighted by Gasteiger charge is 2.50. The number of aliphatic hydroxyl groups is 1. The van der Waals surface area contributed by atoms with Gasteiger partial charge in [-0.05, 0) is 74.4 Å². The molecule has 0 spiro atoms. The van der Waals surface area contributed by atoms with Crippen molar-refractivity contribution in [2.75, 3.05) is 23.0 Å². The molecule has 0 radical (unpaired) electrons. The van der Waals surface area contributed by atoms with E-state index in [1.165, 1.54) is 4.90 Å². The van der Waals surface area contributed by atoms with E-state index < -0.39 is 11.5 Å². The minimum Gasteiger partial charge on any atom is -0.465 e. The van der Waals surface area contributed by atoms with Gasteiger partial charge in [0.1, 0.15) is 5.54 Å². The summed E-state index contributed by atoms with van der Waals surface area (Å²) in [5.74, 6) is -0.666. The van der Waals surface area contributed by atoms with Crippen LogP contribution in [0.3, 0.4) is 0 Å². The molecule has 7 nitrogen and oxygen atoms in total. The first-order chi connectivity index (χ1) is 15.6. The van der Waals surface area contributed by atoms with Crippen LogP contribution in [0.1, 0.15) is 31.4 Å². The van der Waals surface area contributed by atoms with Gasteiger partial charge in [-0.1, -0.05) is 17.7 Å². The molecule has 0 saturated carbocycles. The molecule has 9 heteroatoms. The molecule has 2 aromatic rings. The highest BCUT2D eigenvalue weighted by molar-refractivity contribution is 7.81. The first-order valence-corrected chi connectivity index (χ1v) is 11.1. The Morgan fingerprint density at radius 1 is 1.24 bits per heavy atom. The normalized spacial score (nSPS) is 15.0. The third-order valence-electron chi connectivity index (χ3n) is 5.41. The number of aliphatic hydroxyl groups excluding tert-OH is 1. The molecule has 0 aromatic heterocycles. The van der Waals surface area contributed by atoms with Gasteiger partial charge in [0, 0.05) is 29.4 Å². The van der Waals surface area contributed by atoms with Crippen molar-refractivity contribution in [2.24, 2.45) is 0 Å². The Labute approximate surface area is 203 Å². The molecule has 0 unspecified atom stereocenters. The number of aryl methyl sites for hydroxylation is 1. The Hall–Kier alpha value is -2.99. The fourth-order valence-electron chi connectivity index (χ4n) is 3.65. The molecular weight excluding hydrogens is 462 g/mol. The van der Waals surface area contributed by atoms with Crippen LogP contribution in [-0.4, -0.2) is 40.8 Å². The maximum absolute atomic E-state index is 13.4. The lowest BCUT2D eigenvalue weighted by Gasteiger charge is -2.30. The van der Waals surface area contributed by atoms with Crippen LogP contribution in [-0.2, 0) is 20.7 Å². The van der Waals surface area contributed by atoms with Crippen LogP contribution in [0.25, 0.3) is 4.85 Å². The number of benzene rings is 2. The van der Waals surface area contributed by atoms with E-state index >= 15 is 0 Å².